The summed E-state index contributed by atoms with van der Waals surface area (Å²) in [6, 6.07) is 8.95. The zero-order chi connectivity index (χ0) is 16.6. The molecule has 3 rings (SSSR count). The highest BCUT2D eigenvalue weighted by Crippen LogP contribution is 2.30. The lowest BCUT2D eigenvalue weighted by atomic mass is 10.0. The van der Waals surface area contributed by atoms with Crippen molar-refractivity contribution in [2.45, 2.75) is 12.8 Å². The van der Waals surface area contributed by atoms with Gasteiger partial charge in [-0.05, 0) is 48.7 Å². The third-order valence-corrected chi connectivity index (χ3v) is 4.11. The molecular weight excluding hydrogens is 298 g/mol. The predicted molar refractivity (Wildman–Crippen MR) is 87.1 cm³/mol. The van der Waals surface area contributed by atoms with Gasteiger partial charge in [0.1, 0.15) is 11.6 Å². The van der Waals surface area contributed by atoms with Crippen LogP contribution in [0.25, 0.3) is 0 Å². The molecule has 0 aliphatic carbocycles. The van der Waals surface area contributed by atoms with Gasteiger partial charge in [-0.15, -0.1) is 0 Å². The Balaban J connectivity index is 1.98. The first-order valence-corrected chi connectivity index (χ1v) is 7.54. The molecular formula is C18H18F2N2O. The van der Waals surface area contributed by atoms with Gasteiger partial charge in [0.15, 0.2) is 0 Å². The summed E-state index contributed by atoms with van der Waals surface area (Å²) in [5.74, 6) is -1.39. The first-order valence-electron chi connectivity index (χ1n) is 7.54. The van der Waals surface area contributed by atoms with Gasteiger partial charge < -0.3 is 9.80 Å². The molecule has 2 aromatic rings. The quantitative estimate of drug-likeness (QED) is 0.845. The largest absolute Gasteiger partial charge is 0.378 e. The molecule has 120 valence electrons. The first-order chi connectivity index (χ1) is 11.0. The van der Waals surface area contributed by atoms with Crippen molar-refractivity contribution in [3.8, 4) is 0 Å². The van der Waals surface area contributed by atoms with Gasteiger partial charge in [-0.1, -0.05) is 6.07 Å². The van der Waals surface area contributed by atoms with Crippen molar-refractivity contribution in [1.29, 1.82) is 0 Å². The van der Waals surface area contributed by atoms with Crippen LogP contribution < -0.4 is 9.80 Å². The fraction of sp³-hybridized carbons (Fsp3) is 0.278. The topological polar surface area (TPSA) is 23.6 Å². The third kappa shape index (κ3) is 2.91. The molecule has 0 saturated carbocycles. The van der Waals surface area contributed by atoms with E-state index in [1.807, 2.05) is 0 Å². The van der Waals surface area contributed by atoms with E-state index in [1.54, 1.807) is 31.1 Å². The van der Waals surface area contributed by atoms with Gasteiger partial charge in [0.2, 0.25) is 0 Å². The molecule has 0 unspecified atom stereocenters. The van der Waals surface area contributed by atoms with Crippen molar-refractivity contribution in [3.05, 3.63) is 59.2 Å². The Morgan fingerprint density at radius 1 is 1.13 bits per heavy atom. The van der Waals surface area contributed by atoms with Gasteiger partial charge in [0.05, 0.1) is 11.3 Å². The van der Waals surface area contributed by atoms with Crippen LogP contribution in [0.1, 0.15) is 22.3 Å². The number of halogens is 2. The summed E-state index contributed by atoms with van der Waals surface area (Å²) in [7, 11) is 3.61. The summed E-state index contributed by atoms with van der Waals surface area (Å²) in [5.41, 5.74) is 2.14. The summed E-state index contributed by atoms with van der Waals surface area (Å²) in [5, 5.41) is 0. The first kappa shape index (κ1) is 15.5. The zero-order valence-electron chi connectivity index (χ0n) is 13.1. The van der Waals surface area contributed by atoms with Crippen LogP contribution in [0.4, 0.5) is 20.2 Å². The van der Waals surface area contributed by atoms with E-state index in [4.69, 9.17) is 0 Å². The van der Waals surface area contributed by atoms with Gasteiger partial charge >= 0.3 is 0 Å². The maximum absolute atomic E-state index is 14.3. The fourth-order valence-corrected chi connectivity index (χ4v) is 2.86. The number of aryl methyl sites for hydroxylation is 1. The minimum Gasteiger partial charge on any atom is -0.378 e. The van der Waals surface area contributed by atoms with Gasteiger partial charge in [0, 0.05) is 26.3 Å². The average molecular weight is 316 g/mol. The Morgan fingerprint density at radius 3 is 2.61 bits per heavy atom. The van der Waals surface area contributed by atoms with E-state index >= 15 is 0 Å². The molecule has 0 atom stereocenters. The van der Waals surface area contributed by atoms with Crippen LogP contribution >= 0.6 is 0 Å². The molecule has 0 saturated heterocycles. The van der Waals surface area contributed by atoms with E-state index in [0.717, 1.165) is 18.4 Å². The van der Waals surface area contributed by atoms with Crippen molar-refractivity contribution in [1.82, 2.24) is 0 Å². The number of rotatable bonds is 2. The zero-order valence-corrected chi connectivity index (χ0v) is 13.1. The lowest BCUT2D eigenvalue weighted by molar-refractivity contribution is 0.0981. The van der Waals surface area contributed by atoms with Crippen molar-refractivity contribution in [2.24, 2.45) is 0 Å². The van der Waals surface area contributed by atoms with Crippen molar-refractivity contribution >= 4 is 17.3 Å². The third-order valence-electron chi connectivity index (χ3n) is 4.11. The van der Waals surface area contributed by atoms with Crippen molar-refractivity contribution in [2.75, 3.05) is 30.4 Å². The second kappa shape index (κ2) is 5.99. The van der Waals surface area contributed by atoms with Crippen LogP contribution in [0.15, 0.2) is 36.4 Å². The van der Waals surface area contributed by atoms with E-state index in [9.17, 15) is 13.6 Å². The maximum atomic E-state index is 14.3. The molecule has 0 N–H and O–H groups in total. The number of hydrogen-bond donors (Lipinski definition) is 0. The van der Waals surface area contributed by atoms with Crippen molar-refractivity contribution < 1.29 is 13.6 Å². The molecule has 5 heteroatoms. The maximum Gasteiger partial charge on any atom is 0.261 e. The molecule has 1 aliphatic heterocycles. The molecule has 1 aliphatic rings. The van der Waals surface area contributed by atoms with Crippen LogP contribution in [-0.4, -0.2) is 26.5 Å². The number of nitrogens with zero attached hydrogens (tertiary/aromatic N) is 2. The lowest BCUT2D eigenvalue weighted by Gasteiger charge is -2.29. The SMILES string of the molecule is CN(C)c1ccc(C(=O)N2CCCc3ccc(F)cc32)c(F)c1. The van der Waals surface area contributed by atoms with Crippen LogP contribution in [0.3, 0.4) is 0 Å². The molecule has 2 aromatic carbocycles. The number of anilines is 2. The van der Waals surface area contributed by atoms with Crippen LogP contribution in [0, 0.1) is 11.6 Å². The molecule has 0 fully saturated rings. The Morgan fingerprint density at radius 2 is 1.91 bits per heavy atom. The Kier molecular flexibility index (Phi) is 4.03. The molecule has 23 heavy (non-hydrogen) atoms. The summed E-state index contributed by atoms with van der Waals surface area (Å²) in [4.78, 5) is 16.0. The van der Waals surface area contributed by atoms with E-state index in [0.29, 0.717) is 17.9 Å². The van der Waals surface area contributed by atoms with Crippen molar-refractivity contribution in [3.63, 3.8) is 0 Å². The number of amides is 1. The van der Waals surface area contributed by atoms with Gasteiger partial charge in [0.25, 0.3) is 5.91 Å². The van der Waals surface area contributed by atoms with Gasteiger partial charge in [-0.2, -0.15) is 0 Å². The Labute approximate surface area is 134 Å². The molecule has 0 aromatic heterocycles. The van der Waals surface area contributed by atoms with Crippen LogP contribution in [-0.2, 0) is 6.42 Å². The highest BCUT2D eigenvalue weighted by atomic mass is 19.1. The second-order valence-corrected chi connectivity index (χ2v) is 5.89. The minimum absolute atomic E-state index is 0.00714. The Bertz CT molecular complexity index is 759. The number of carbonyl (C=O) groups is 1. The fourth-order valence-electron chi connectivity index (χ4n) is 2.86. The molecule has 1 amide bonds. The lowest BCUT2D eigenvalue weighted by Crippen LogP contribution is -2.36. The smallest absolute Gasteiger partial charge is 0.261 e. The van der Waals surface area contributed by atoms with E-state index in [2.05, 4.69) is 0 Å². The minimum atomic E-state index is -0.565. The van der Waals surface area contributed by atoms with Gasteiger partial charge in [-0.25, -0.2) is 8.78 Å². The second-order valence-electron chi connectivity index (χ2n) is 5.89. The number of carbonyl (C=O) groups excluding carboxylic acids is 1. The summed E-state index contributed by atoms with van der Waals surface area (Å²) < 4.78 is 27.9. The molecule has 0 radical (unpaired) electrons. The molecule has 1 heterocycles. The number of fused-ring (bicyclic) bond motifs is 1. The van der Waals surface area contributed by atoms with E-state index in [1.165, 1.54) is 29.2 Å². The van der Waals surface area contributed by atoms with E-state index < -0.39 is 17.5 Å². The normalized spacial score (nSPS) is 13.7. The summed E-state index contributed by atoms with van der Waals surface area (Å²) >= 11 is 0. The predicted octanol–water partition coefficient (Wildman–Crippen LogP) is 3.62. The molecule has 3 nitrogen and oxygen atoms in total. The average Bonchev–Trinajstić information content (AvgIpc) is 2.53. The van der Waals surface area contributed by atoms with Gasteiger partial charge in [-0.3, -0.25) is 4.79 Å². The summed E-state index contributed by atoms with van der Waals surface area (Å²) in [6.45, 7) is 0.462. The van der Waals surface area contributed by atoms with Crippen LogP contribution in [0.5, 0.6) is 0 Å². The summed E-state index contributed by atoms with van der Waals surface area (Å²) in [6.07, 6.45) is 1.57. The number of benzene rings is 2. The molecule has 0 spiro atoms. The standard InChI is InChI=1S/C18H18F2N2O/c1-21(2)14-7-8-15(16(20)11-14)18(23)22-9-3-4-12-5-6-13(19)10-17(12)22/h5-8,10-11H,3-4,9H2,1-2H3. The highest BCUT2D eigenvalue weighted by molar-refractivity contribution is 6.07. The Hall–Kier alpha value is -2.43. The highest BCUT2D eigenvalue weighted by Gasteiger charge is 2.26. The van der Waals surface area contributed by atoms with E-state index in [-0.39, 0.29) is 5.56 Å². The number of hydrogen-bond acceptors (Lipinski definition) is 2. The molecule has 0 bridgehead atoms. The monoisotopic (exact) mass is 316 g/mol. The van der Waals surface area contributed by atoms with Crippen LogP contribution in [0.2, 0.25) is 0 Å².